The van der Waals surface area contributed by atoms with Crippen molar-refractivity contribution in [2.24, 2.45) is 0 Å². The first-order valence-corrected chi connectivity index (χ1v) is 4.76. The van der Waals surface area contributed by atoms with Crippen molar-refractivity contribution in [2.75, 3.05) is 26.1 Å². The first kappa shape index (κ1) is 12.6. The summed E-state index contributed by atoms with van der Waals surface area (Å²) in [6.07, 6.45) is 0. The zero-order valence-electron chi connectivity index (χ0n) is 9.15. The summed E-state index contributed by atoms with van der Waals surface area (Å²) in [6, 6.07) is 5.66. The van der Waals surface area contributed by atoms with Crippen LogP contribution in [0.1, 0.15) is 11.5 Å². The van der Waals surface area contributed by atoms with Crippen LogP contribution in [0, 0.1) is 0 Å². The maximum absolute atomic E-state index is 11.5. The number of nitrogens with one attached hydrogen (secondary N) is 1. The van der Waals surface area contributed by atoms with Gasteiger partial charge in [0.05, 0.1) is 19.9 Å². The highest BCUT2D eigenvalue weighted by molar-refractivity contribution is 5.85. The lowest BCUT2D eigenvalue weighted by Crippen LogP contribution is -2.15. The van der Waals surface area contributed by atoms with Crippen LogP contribution < -0.4 is 10.1 Å². The normalized spacial score (nSPS) is 16.8. The van der Waals surface area contributed by atoms with E-state index in [1.165, 1.54) is 7.11 Å². The number of hydrogen-bond donors (Lipinski definition) is 1. The van der Waals surface area contributed by atoms with E-state index >= 15 is 0 Å². The molecule has 4 nitrogen and oxygen atoms in total. The molecule has 0 bridgehead atoms. The van der Waals surface area contributed by atoms with Crippen LogP contribution in [0.4, 0.5) is 5.69 Å². The molecule has 5 heteroatoms. The van der Waals surface area contributed by atoms with E-state index in [-0.39, 0.29) is 24.3 Å². The van der Waals surface area contributed by atoms with Gasteiger partial charge in [0, 0.05) is 6.54 Å². The van der Waals surface area contributed by atoms with E-state index in [0.29, 0.717) is 6.54 Å². The maximum Gasteiger partial charge on any atom is 0.315 e. The Kier molecular flexibility index (Phi) is 4.01. The molecule has 1 atom stereocenters. The van der Waals surface area contributed by atoms with E-state index in [0.717, 1.165) is 17.0 Å². The number of rotatable bonds is 2. The number of benzene rings is 1. The number of esters is 1. The first-order valence-electron chi connectivity index (χ1n) is 4.76. The Bertz CT molecular complexity index is 395. The molecule has 88 valence electrons. The molecule has 0 saturated carbocycles. The Labute approximate surface area is 100 Å². The number of carbonyl (C=O) groups is 1. The fourth-order valence-electron chi connectivity index (χ4n) is 1.86. The van der Waals surface area contributed by atoms with Crippen LogP contribution in [0.2, 0.25) is 0 Å². The van der Waals surface area contributed by atoms with Gasteiger partial charge in [-0.05, 0) is 11.6 Å². The van der Waals surface area contributed by atoms with Crippen molar-refractivity contribution in [3.05, 3.63) is 23.8 Å². The zero-order chi connectivity index (χ0) is 10.8. The molecule has 0 amide bonds. The molecule has 16 heavy (non-hydrogen) atoms. The average Bonchev–Trinajstić information content (AvgIpc) is 2.71. The molecule has 1 aromatic rings. The molecule has 0 aliphatic carbocycles. The third-order valence-corrected chi connectivity index (χ3v) is 2.62. The Balaban J connectivity index is 0.00000128. The van der Waals surface area contributed by atoms with Gasteiger partial charge in [-0.25, -0.2) is 0 Å². The number of anilines is 1. The lowest BCUT2D eigenvalue weighted by atomic mass is 10.0. The quantitative estimate of drug-likeness (QED) is 0.805. The van der Waals surface area contributed by atoms with E-state index in [9.17, 15) is 4.79 Å². The molecule has 1 aliphatic rings. The van der Waals surface area contributed by atoms with Crippen molar-refractivity contribution >= 4 is 24.1 Å². The van der Waals surface area contributed by atoms with Crippen LogP contribution in [0.25, 0.3) is 0 Å². The van der Waals surface area contributed by atoms with Crippen LogP contribution in [-0.4, -0.2) is 26.7 Å². The molecule has 0 radical (unpaired) electrons. The van der Waals surface area contributed by atoms with E-state index < -0.39 is 0 Å². The van der Waals surface area contributed by atoms with Gasteiger partial charge in [-0.3, -0.25) is 4.79 Å². The zero-order valence-corrected chi connectivity index (χ0v) is 9.97. The summed E-state index contributed by atoms with van der Waals surface area (Å²) in [5, 5.41) is 3.16. The summed E-state index contributed by atoms with van der Waals surface area (Å²) >= 11 is 0. The maximum atomic E-state index is 11.5. The summed E-state index contributed by atoms with van der Waals surface area (Å²) in [5.74, 6) is 0.327. The summed E-state index contributed by atoms with van der Waals surface area (Å²) < 4.78 is 9.95. The minimum Gasteiger partial charge on any atom is -0.495 e. The fraction of sp³-hybridized carbons (Fsp3) is 0.364. The first-order chi connectivity index (χ1) is 7.27. The van der Waals surface area contributed by atoms with Crippen molar-refractivity contribution in [3.63, 3.8) is 0 Å². The van der Waals surface area contributed by atoms with Gasteiger partial charge in [0.15, 0.2) is 0 Å². The van der Waals surface area contributed by atoms with E-state index in [4.69, 9.17) is 9.47 Å². The van der Waals surface area contributed by atoms with E-state index in [1.54, 1.807) is 7.11 Å². The van der Waals surface area contributed by atoms with Gasteiger partial charge in [0.25, 0.3) is 0 Å². The largest absolute Gasteiger partial charge is 0.495 e. The van der Waals surface area contributed by atoms with Crippen molar-refractivity contribution in [1.82, 2.24) is 0 Å². The van der Waals surface area contributed by atoms with Crippen LogP contribution in [-0.2, 0) is 9.53 Å². The standard InChI is InChI=1S/C11H13NO3.ClH/c1-14-9-5-3-4-7-8(11(13)15-2)6-12-10(7)9;/h3-5,8,12H,6H2,1-2H3;1H. The molecular weight excluding hydrogens is 230 g/mol. The number of carbonyl (C=O) groups excluding carboxylic acids is 1. The number of fused-ring (bicyclic) bond motifs is 1. The number of halogens is 1. The Morgan fingerprint density at radius 3 is 2.81 bits per heavy atom. The minimum atomic E-state index is -0.222. The smallest absolute Gasteiger partial charge is 0.315 e. The van der Waals surface area contributed by atoms with Crippen molar-refractivity contribution in [1.29, 1.82) is 0 Å². The number of methoxy groups -OCH3 is 2. The Hall–Kier alpha value is -1.42. The van der Waals surface area contributed by atoms with E-state index in [1.807, 2.05) is 18.2 Å². The molecule has 0 aromatic heterocycles. The van der Waals surface area contributed by atoms with Crippen molar-refractivity contribution < 1.29 is 14.3 Å². The molecule has 2 rings (SSSR count). The summed E-state index contributed by atoms with van der Waals surface area (Å²) in [5.41, 5.74) is 1.84. The molecule has 0 spiro atoms. The van der Waals surface area contributed by atoms with Crippen LogP contribution >= 0.6 is 12.4 Å². The Morgan fingerprint density at radius 1 is 1.44 bits per heavy atom. The molecule has 1 N–H and O–H groups in total. The number of hydrogen-bond acceptors (Lipinski definition) is 4. The van der Waals surface area contributed by atoms with Crippen LogP contribution in [0.3, 0.4) is 0 Å². The van der Waals surface area contributed by atoms with Gasteiger partial charge in [0.2, 0.25) is 0 Å². The lowest BCUT2D eigenvalue weighted by Gasteiger charge is -2.08. The van der Waals surface area contributed by atoms with E-state index in [2.05, 4.69) is 5.32 Å². The predicted molar refractivity (Wildman–Crippen MR) is 63.5 cm³/mol. The molecular formula is C11H14ClNO3. The monoisotopic (exact) mass is 243 g/mol. The van der Waals surface area contributed by atoms with Gasteiger partial charge in [-0.2, -0.15) is 0 Å². The fourth-order valence-corrected chi connectivity index (χ4v) is 1.86. The second kappa shape index (κ2) is 5.07. The van der Waals surface area contributed by atoms with Gasteiger partial charge < -0.3 is 14.8 Å². The second-order valence-electron chi connectivity index (χ2n) is 3.38. The molecule has 0 fully saturated rings. The summed E-state index contributed by atoms with van der Waals surface area (Å²) in [6.45, 7) is 0.572. The summed E-state index contributed by atoms with van der Waals surface area (Å²) in [7, 11) is 3.02. The SMILES string of the molecule is COC(=O)C1CNc2c(OC)cccc21.Cl. The lowest BCUT2D eigenvalue weighted by molar-refractivity contribution is -0.141. The number of para-hydroxylation sites is 1. The molecule has 0 saturated heterocycles. The highest BCUT2D eigenvalue weighted by Gasteiger charge is 2.30. The second-order valence-corrected chi connectivity index (χ2v) is 3.38. The topological polar surface area (TPSA) is 47.6 Å². The van der Waals surface area contributed by atoms with Crippen molar-refractivity contribution in [3.8, 4) is 5.75 Å². The summed E-state index contributed by atoms with van der Waals surface area (Å²) in [4.78, 5) is 11.5. The third kappa shape index (κ3) is 1.93. The van der Waals surface area contributed by atoms with Gasteiger partial charge in [0.1, 0.15) is 11.7 Å². The van der Waals surface area contributed by atoms with Gasteiger partial charge in [-0.1, -0.05) is 12.1 Å². The van der Waals surface area contributed by atoms with Crippen molar-refractivity contribution in [2.45, 2.75) is 5.92 Å². The van der Waals surface area contributed by atoms with Gasteiger partial charge >= 0.3 is 5.97 Å². The minimum absolute atomic E-state index is 0. The third-order valence-electron chi connectivity index (χ3n) is 2.62. The molecule has 1 aliphatic heterocycles. The van der Waals surface area contributed by atoms with Crippen LogP contribution in [0.5, 0.6) is 5.75 Å². The number of ether oxygens (including phenoxy) is 2. The predicted octanol–water partition coefficient (Wildman–Crippen LogP) is 1.80. The highest BCUT2D eigenvalue weighted by Crippen LogP contribution is 2.38. The molecule has 1 unspecified atom stereocenters. The van der Waals surface area contributed by atoms with Gasteiger partial charge in [-0.15, -0.1) is 12.4 Å². The highest BCUT2D eigenvalue weighted by atomic mass is 35.5. The average molecular weight is 244 g/mol. The molecule has 1 aromatic carbocycles. The Morgan fingerprint density at radius 2 is 2.19 bits per heavy atom. The van der Waals surface area contributed by atoms with Crippen LogP contribution in [0.15, 0.2) is 18.2 Å². The molecule has 1 heterocycles.